The molecule has 0 saturated carbocycles. The molecular weight excluding hydrogens is 219 g/mol. The van der Waals surface area contributed by atoms with Crippen molar-refractivity contribution in [3.8, 4) is 0 Å². The Morgan fingerprint density at radius 3 is 1.71 bits per heavy atom. The van der Waals surface area contributed by atoms with E-state index in [0.29, 0.717) is 5.02 Å². The van der Waals surface area contributed by atoms with Gasteiger partial charge >= 0.3 is 13.9 Å². The van der Waals surface area contributed by atoms with E-state index in [2.05, 4.69) is 0 Å². The van der Waals surface area contributed by atoms with Crippen molar-refractivity contribution in [3.63, 3.8) is 0 Å². The van der Waals surface area contributed by atoms with Crippen LogP contribution < -0.4 is 0 Å². The molecule has 77 valence electrons. The number of hydrogen-bond donors (Lipinski definition) is 2. The van der Waals surface area contributed by atoms with Crippen molar-refractivity contribution in [1.82, 2.24) is 0 Å². The second kappa shape index (κ2) is 5.90. The van der Waals surface area contributed by atoms with Gasteiger partial charge in [0.25, 0.3) is 0 Å². The van der Waals surface area contributed by atoms with Gasteiger partial charge in [-0.3, -0.25) is 0 Å². The zero-order chi connectivity index (χ0) is 11.2. The molecule has 1 aromatic rings. The first-order valence-electron chi connectivity index (χ1n) is 3.34. The van der Waals surface area contributed by atoms with Gasteiger partial charge in [-0.15, -0.1) is 0 Å². The Balaban J connectivity index is 0.000000500. The quantitative estimate of drug-likeness (QED) is 0.662. The number of halogens is 4. The molecule has 0 bridgehead atoms. The minimum absolute atomic E-state index is 0. The molecule has 1 rings (SSSR count). The first-order chi connectivity index (χ1) is 6.41. The topological polar surface area (TPSA) is 40.5 Å². The molecule has 0 spiro atoms. The van der Waals surface area contributed by atoms with Crippen LogP contribution in [0.3, 0.4) is 0 Å². The third-order valence-electron chi connectivity index (χ3n) is 1.17. The number of rotatable bonds is 0. The van der Waals surface area contributed by atoms with Crippen LogP contribution in [0, 0.1) is 0 Å². The monoisotopic (exact) mass is 225 g/mol. The number of benzene rings is 1. The van der Waals surface area contributed by atoms with E-state index in [1.807, 2.05) is 0 Å². The molecule has 0 atom stereocenters. The molecule has 0 aliphatic carbocycles. The maximum Gasteiger partial charge on any atom is 0.482 e. The highest BCUT2D eigenvalue weighted by Crippen LogP contribution is 2.29. The predicted octanol–water partition coefficient (Wildman–Crippen LogP) is 1.86. The summed E-state index contributed by atoms with van der Waals surface area (Å²) in [6.45, 7) is 0. The standard InChI is InChI=1S/C7H4ClF3.BH2O2/c8-6-3-1-5(2-4-6)7(9,10)11;2-1-3/h1-4H;2-3H. The fourth-order valence-electron chi connectivity index (χ4n) is 0.639. The minimum atomic E-state index is -4.27. The van der Waals surface area contributed by atoms with Crippen LogP contribution in [0.1, 0.15) is 5.56 Å². The first-order valence-corrected chi connectivity index (χ1v) is 3.72. The third-order valence-corrected chi connectivity index (χ3v) is 1.42. The Morgan fingerprint density at radius 2 is 1.43 bits per heavy atom. The summed E-state index contributed by atoms with van der Waals surface area (Å²) < 4.78 is 35.6. The van der Waals surface area contributed by atoms with Crippen LogP contribution in [0.5, 0.6) is 0 Å². The van der Waals surface area contributed by atoms with Gasteiger partial charge in [0.2, 0.25) is 0 Å². The Hall–Kier alpha value is -0.715. The summed E-state index contributed by atoms with van der Waals surface area (Å²) in [5.41, 5.74) is -0.679. The van der Waals surface area contributed by atoms with Crippen molar-refractivity contribution in [2.45, 2.75) is 6.18 Å². The highest BCUT2D eigenvalue weighted by molar-refractivity contribution is 6.30. The fraction of sp³-hybridized carbons (Fsp3) is 0.143. The van der Waals surface area contributed by atoms with Gasteiger partial charge in [0.15, 0.2) is 0 Å². The van der Waals surface area contributed by atoms with Gasteiger partial charge in [-0.1, -0.05) is 11.6 Å². The van der Waals surface area contributed by atoms with Crippen LogP contribution in [-0.2, 0) is 6.18 Å². The molecule has 2 N–H and O–H groups in total. The third kappa shape index (κ3) is 5.11. The van der Waals surface area contributed by atoms with Gasteiger partial charge in [0, 0.05) is 5.02 Å². The molecule has 0 aliphatic rings. The van der Waals surface area contributed by atoms with E-state index in [-0.39, 0.29) is 7.69 Å². The smallest absolute Gasteiger partial charge is 0.429 e. The van der Waals surface area contributed by atoms with Gasteiger partial charge in [-0.2, -0.15) is 13.2 Å². The van der Waals surface area contributed by atoms with Gasteiger partial charge in [-0.05, 0) is 24.3 Å². The molecule has 0 aromatic heterocycles. The van der Waals surface area contributed by atoms with Crippen molar-refractivity contribution in [1.29, 1.82) is 0 Å². The van der Waals surface area contributed by atoms with E-state index < -0.39 is 11.7 Å². The SMILES string of the molecule is FC(F)(F)c1ccc(Cl)cc1.O[B]O. The van der Waals surface area contributed by atoms with Crippen LogP contribution in [-0.4, -0.2) is 17.7 Å². The normalized spacial score (nSPS) is 10.1. The molecule has 2 nitrogen and oxygen atoms in total. The van der Waals surface area contributed by atoms with Gasteiger partial charge in [0.1, 0.15) is 0 Å². The van der Waals surface area contributed by atoms with E-state index in [9.17, 15) is 13.2 Å². The van der Waals surface area contributed by atoms with Crippen LogP contribution in [0.4, 0.5) is 13.2 Å². The van der Waals surface area contributed by atoms with Crippen LogP contribution in [0.15, 0.2) is 24.3 Å². The summed E-state index contributed by atoms with van der Waals surface area (Å²) in [6, 6.07) is 4.32. The van der Waals surface area contributed by atoms with Gasteiger partial charge in [0.05, 0.1) is 5.56 Å². The molecule has 0 heterocycles. The minimum Gasteiger partial charge on any atom is -0.429 e. The van der Waals surface area contributed by atoms with E-state index in [0.717, 1.165) is 12.1 Å². The maximum atomic E-state index is 11.9. The van der Waals surface area contributed by atoms with E-state index >= 15 is 0 Å². The summed E-state index contributed by atoms with van der Waals surface area (Å²) in [6.07, 6.45) is -4.27. The van der Waals surface area contributed by atoms with E-state index in [4.69, 9.17) is 21.6 Å². The predicted molar refractivity (Wildman–Crippen MR) is 46.6 cm³/mol. The highest BCUT2D eigenvalue weighted by Gasteiger charge is 2.29. The Labute approximate surface area is 84.2 Å². The lowest BCUT2D eigenvalue weighted by Crippen LogP contribution is -2.03. The number of alkyl halides is 3. The van der Waals surface area contributed by atoms with Crippen molar-refractivity contribution in [3.05, 3.63) is 34.9 Å². The molecule has 0 unspecified atom stereocenters. The second-order valence-corrected chi connectivity index (χ2v) is 2.56. The van der Waals surface area contributed by atoms with Crippen LogP contribution in [0.2, 0.25) is 5.02 Å². The lowest BCUT2D eigenvalue weighted by molar-refractivity contribution is -0.137. The molecule has 1 aromatic carbocycles. The second-order valence-electron chi connectivity index (χ2n) is 2.12. The highest BCUT2D eigenvalue weighted by atomic mass is 35.5. The molecular formula is C7H6BClF3O2. The van der Waals surface area contributed by atoms with Crippen molar-refractivity contribution in [2.24, 2.45) is 0 Å². The molecule has 7 heteroatoms. The van der Waals surface area contributed by atoms with Crippen molar-refractivity contribution in [2.75, 3.05) is 0 Å². The maximum absolute atomic E-state index is 11.9. The fourth-order valence-corrected chi connectivity index (χ4v) is 0.765. The van der Waals surface area contributed by atoms with Crippen LogP contribution in [0.25, 0.3) is 0 Å². The van der Waals surface area contributed by atoms with Crippen molar-refractivity contribution < 1.29 is 23.2 Å². The summed E-state index contributed by atoms with van der Waals surface area (Å²) in [7, 11) is 0. The number of hydrogen-bond acceptors (Lipinski definition) is 2. The van der Waals surface area contributed by atoms with E-state index in [1.165, 1.54) is 12.1 Å². The van der Waals surface area contributed by atoms with Gasteiger partial charge in [-0.25, -0.2) is 0 Å². The zero-order valence-electron chi connectivity index (χ0n) is 6.79. The largest absolute Gasteiger partial charge is 0.482 e. The molecule has 0 saturated heterocycles. The Bertz CT molecular complexity index is 263. The molecule has 0 fully saturated rings. The lowest BCUT2D eigenvalue weighted by atomic mass is 10.2. The van der Waals surface area contributed by atoms with E-state index in [1.54, 1.807) is 0 Å². The Kier molecular flexibility index (Phi) is 5.60. The molecule has 0 amide bonds. The summed E-state index contributed by atoms with van der Waals surface area (Å²) >= 11 is 5.39. The lowest BCUT2D eigenvalue weighted by Gasteiger charge is -2.04. The summed E-state index contributed by atoms with van der Waals surface area (Å²) in [4.78, 5) is 0. The zero-order valence-corrected chi connectivity index (χ0v) is 7.55. The van der Waals surface area contributed by atoms with Crippen LogP contribution >= 0.6 is 11.6 Å². The summed E-state index contributed by atoms with van der Waals surface area (Å²) in [5, 5.41) is 14.3. The average molecular weight is 225 g/mol. The first kappa shape index (κ1) is 13.3. The molecule has 0 aliphatic heterocycles. The average Bonchev–Trinajstić information content (AvgIpc) is 2.04. The molecule has 14 heavy (non-hydrogen) atoms. The van der Waals surface area contributed by atoms with Gasteiger partial charge < -0.3 is 10.0 Å². The Morgan fingerprint density at radius 1 is 1.07 bits per heavy atom. The van der Waals surface area contributed by atoms with Crippen molar-refractivity contribution >= 4 is 19.3 Å². The summed E-state index contributed by atoms with van der Waals surface area (Å²) in [5.74, 6) is 0. The molecule has 1 radical (unpaired) electrons.